The Kier molecular flexibility index (Phi) is 6.29. The lowest BCUT2D eigenvalue weighted by Gasteiger charge is -2.18. The first-order valence-electron chi connectivity index (χ1n) is 9.33. The van der Waals surface area contributed by atoms with E-state index in [4.69, 9.17) is 18.9 Å². The Bertz CT molecular complexity index is 789. The summed E-state index contributed by atoms with van der Waals surface area (Å²) in [5.74, 6) is 3.04. The van der Waals surface area contributed by atoms with E-state index >= 15 is 0 Å². The van der Waals surface area contributed by atoms with Gasteiger partial charge in [0.1, 0.15) is 5.75 Å². The quantitative estimate of drug-likeness (QED) is 0.699. The number of carbonyl (C=O) groups is 1. The molecule has 150 valence electrons. The molecule has 0 radical (unpaired) electrons. The number of methoxy groups -OCH3 is 4. The van der Waals surface area contributed by atoms with Gasteiger partial charge < -0.3 is 24.3 Å². The molecule has 0 saturated heterocycles. The van der Waals surface area contributed by atoms with Crippen molar-refractivity contribution in [3.8, 4) is 23.0 Å². The van der Waals surface area contributed by atoms with Gasteiger partial charge in [0.25, 0.3) is 0 Å². The predicted octanol–water partition coefficient (Wildman–Crippen LogP) is 4.24. The number of anilines is 1. The molecule has 1 unspecified atom stereocenters. The highest BCUT2D eigenvalue weighted by molar-refractivity contribution is 5.92. The lowest BCUT2D eigenvalue weighted by atomic mass is 9.90. The van der Waals surface area contributed by atoms with Gasteiger partial charge in [0.05, 0.1) is 28.4 Å². The van der Waals surface area contributed by atoms with Gasteiger partial charge in [0.2, 0.25) is 11.7 Å². The van der Waals surface area contributed by atoms with Gasteiger partial charge in [-0.1, -0.05) is 12.1 Å². The topological polar surface area (TPSA) is 66.0 Å². The van der Waals surface area contributed by atoms with Crippen LogP contribution in [0.25, 0.3) is 0 Å². The largest absolute Gasteiger partial charge is 0.497 e. The van der Waals surface area contributed by atoms with Crippen molar-refractivity contribution in [2.45, 2.75) is 25.2 Å². The number of amides is 1. The molecule has 28 heavy (non-hydrogen) atoms. The molecule has 3 rings (SSSR count). The second kappa shape index (κ2) is 8.87. The molecule has 1 fully saturated rings. The summed E-state index contributed by atoms with van der Waals surface area (Å²) in [5.41, 5.74) is 1.78. The smallest absolute Gasteiger partial charge is 0.225 e. The van der Waals surface area contributed by atoms with Crippen molar-refractivity contribution in [3.63, 3.8) is 0 Å². The van der Waals surface area contributed by atoms with Crippen LogP contribution in [-0.4, -0.2) is 34.3 Å². The summed E-state index contributed by atoms with van der Waals surface area (Å²) >= 11 is 0. The maximum atomic E-state index is 12.8. The molecule has 0 aromatic heterocycles. The van der Waals surface area contributed by atoms with Crippen LogP contribution >= 0.6 is 0 Å². The number of ether oxygens (including phenoxy) is 4. The summed E-state index contributed by atoms with van der Waals surface area (Å²) in [5, 5.41) is 2.97. The van der Waals surface area contributed by atoms with Crippen LogP contribution < -0.4 is 24.3 Å². The molecule has 1 saturated carbocycles. The number of hydrogen-bond donors (Lipinski definition) is 1. The Morgan fingerprint density at radius 1 is 0.964 bits per heavy atom. The number of rotatable bonds is 9. The van der Waals surface area contributed by atoms with E-state index in [9.17, 15) is 4.79 Å². The van der Waals surface area contributed by atoms with Crippen molar-refractivity contribution in [2.24, 2.45) is 5.92 Å². The number of hydrogen-bond acceptors (Lipinski definition) is 5. The predicted molar refractivity (Wildman–Crippen MR) is 108 cm³/mol. The van der Waals surface area contributed by atoms with Crippen molar-refractivity contribution in [1.29, 1.82) is 0 Å². The summed E-state index contributed by atoms with van der Waals surface area (Å²) < 4.78 is 21.3. The van der Waals surface area contributed by atoms with Crippen LogP contribution in [-0.2, 0) is 4.79 Å². The maximum Gasteiger partial charge on any atom is 0.225 e. The maximum absolute atomic E-state index is 12.8. The minimum absolute atomic E-state index is 0.0398. The minimum Gasteiger partial charge on any atom is -0.497 e. The Morgan fingerprint density at radius 2 is 1.57 bits per heavy atom. The molecule has 6 heteroatoms. The van der Waals surface area contributed by atoms with Gasteiger partial charge in [-0.05, 0) is 42.4 Å². The molecule has 1 N–H and O–H groups in total. The number of benzene rings is 2. The molecule has 1 aliphatic rings. The minimum atomic E-state index is -0.0398. The summed E-state index contributed by atoms with van der Waals surface area (Å²) in [4.78, 5) is 12.8. The normalized spacial score (nSPS) is 14.1. The van der Waals surface area contributed by atoms with Crippen LogP contribution in [0.1, 0.15) is 30.7 Å². The van der Waals surface area contributed by atoms with E-state index in [1.165, 1.54) is 5.56 Å². The molecule has 6 nitrogen and oxygen atoms in total. The monoisotopic (exact) mass is 385 g/mol. The van der Waals surface area contributed by atoms with E-state index in [-0.39, 0.29) is 11.8 Å². The van der Waals surface area contributed by atoms with Crippen LogP contribution in [0.15, 0.2) is 36.4 Å². The van der Waals surface area contributed by atoms with E-state index in [1.807, 2.05) is 12.1 Å². The van der Waals surface area contributed by atoms with Gasteiger partial charge >= 0.3 is 0 Å². The first-order chi connectivity index (χ1) is 13.6. The zero-order valence-electron chi connectivity index (χ0n) is 16.8. The fourth-order valence-corrected chi connectivity index (χ4v) is 3.47. The fourth-order valence-electron chi connectivity index (χ4n) is 3.47. The first-order valence-corrected chi connectivity index (χ1v) is 9.33. The summed E-state index contributed by atoms with van der Waals surface area (Å²) in [6.45, 7) is 0. The molecule has 0 spiro atoms. The van der Waals surface area contributed by atoms with E-state index < -0.39 is 0 Å². The zero-order chi connectivity index (χ0) is 20.1. The molecular formula is C22H27NO5. The highest BCUT2D eigenvalue weighted by Crippen LogP contribution is 2.45. The van der Waals surface area contributed by atoms with Crippen molar-refractivity contribution in [3.05, 3.63) is 42.0 Å². The van der Waals surface area contributed by atoms with E-state index in [0.717, 1.165) is 18.6 Å². The lowest BCUT2D eigenvalue weighted by Crippen LogP contribution is -2.17. The second-order valence-electron chi connectivity index (χ2n) is 6.88. The molecule has 2 aromatic rings. The highest BCUT2D eigenvalue weighted by Gasteiger charge is 2.33. The highest BCUT2D eigenvalue weighted by atomic mass is 16.5. The molecule has 1 aliphatic carbocycles. The third-order valence-corrected chi connectivity index (χ3v) is 5.09. The van der Waals surface area contributed by atoms with Crippen LogP contribution in [0.5, 0.6) is 23.0 Å². The number of nitrogens with one attached hydrogen (secondary N) is 1. The summed E-state index contributed by atoms with van der Waals surface area (Å²) in [7, 11) is 6.30. The van der Waals surface area contributed by atoms with Gasteiger partial charge in [-0.2, -0.15) is 0 Å². The molecule has 1 amide bonds. The van der Waals surface area contributed by atoms with E-state index in [2.05, 4.69) is 17.4 Å². The molecular weight excluding hydrogens is 358 g/mol. The van der Waals surface area contributed by atoms with Gasteiger partial charge in [-0.3, -0.25) is 4.79 Å². The fraction of sp³-hybridized carbons (Fsp3) is 0.409. The number of carbonyl (C=O) groups excluding carboxylic acids is 1. The Labute approximate surface area is 165 Å². The molecule has 1 atom stereocenters. The van der Waals surface area contributed by atoms with Crippen LogP contribution in [0.3, 0.4) is 0 Å². The van der Waals surface area contributed by atoms with Gasteiger partial charge in [-0.15, -0.1) is 0 Å². The average molecular weight is 385 g/mol. The molecule has 0 bridgehead atoms. The summed E-state index contributed by atoms with van der Waals surface area (Å²) in [6.07, 6.45) is 2.75. The third-order valence-electron chi connectivity index (χ3n) is 5.09. The van der Waals surface area contributed by atoms with Gasteiger partial charge in [0, 0.05) is 24.2 Å². The lowest BCUT2D eigenvalue weighted by molar-refractivity contribution is -0.116. The first kappa shape index (κ1) is 19.9. The second-order valence-corrected chi connectivity index (χ2v) is 6.88. The third kappa shape index (κ3) is 4.50. The van der Waals surface area contributed by atoms with Crippen LogP contribution in [0, 0.1) is 5.92 Å². The van der Waals surface area contributed by atoms with Gasteiger partial charge in [0.15, 0.2) is 11.5 Å². The van der Waals surface area contributed by atoms with Crippen molar-refractivity contribution < 1.29 is 23.7 Å². The molecule has 2 aromatic carbocycles. The van der Waals surface area contributed by atoms with Crippen molar-refractivity contribution >= 4 is 11.6 Å². The van der Waals surface area contributed by atoms with Crippen LogP contribution in [0.4, 0.5) is 5.69 Å². The Morgan fingerprint density at radius 3 is 2.04 bits per heavy atom. The van der Waals surface area contributed by atoms with Crippen molar-refractivity contribution in [1.82, 2.24) is 0 Å². The van der Waals surface area contributed by atoms with Crippen molar-refractivity contribution in [2.75, 3.05) is 33.8 Å². The Balaban J connectivity index is 1.74. The zero-order valence-corrected chi connectivity index (χ0v) is 16.8. The Hall–Kier alpha value is -2.89. The van der Waals surface area contributed by atoms with E-state index in [0.29, 0.717) is 35.3 Å². The van der Waals surface area contributed by atoms with Crippen LogP contribution in [0.2, 0.25) is 0 Å². The molecule has 0 aliphatic heterocycles. The van der Waals surface area contributed by atoms with E-state index in [1.54, 1.807) is 40.6 Å². The standard InChI is InChI=1S/C22H27NO5/c1-25-17-9-7-15(8-10-17)18(14-5-6-14)13-21(24)23-16-11-19(26-2)22(28-4)20(12-16)27-3/h7-12,14,18H,5-6,13H2,1-4H3,(H,23,24). The SMILES string of the molecule is COc1ccc(C(CC(=O)Nc2cc(OC)c(OC)c(OC)c2)C2CC2)cc1. The summed E-state index contributed by atoms with van der Waals surface area (Å²) in [6, 6.07) is 11.5. The van der Waals surface area contributed by atoms with Gasteiger partial charge in [-0.25, -0.2) is 0 Å². The average Bonchev–Trinajstić information content (AvgIpc) is 3.56. The molecule has 0 heterocycles.